The average molecular weight is 369 g/mol. The molecule has 0 saturated heterocycles. The number of nitrogens with one attached hydrogen (secondary N) is 1. The molecule has 0 amide bonds. The first kappa shape index (κ1) is 16.5. The van der Waals surface area contributed by atoms with Crippen LogP contribution in [0, 0.1) is 6.92 Å². The lowest BCUT2D eigenvalue weighted by Gasteiger charge is -2.17. The molecule has 0 aliphatic carbocycles. The van der Waals surface area contributed by atoms with Gasteiger partial charge in [-0.15, -0.1) is 11.3 Å². The van der Waals surface area contributed by atoms with Gasteiger partial charge in [0, 0.05) is 4.88 Å². The van der Waals surface area contributed by atoms with Crippen molar-refractivity contribution >= 4 is 27.3 Å². The highest BCUT2D eigenvalue weighted by atomic mass is 79.9. The first-order chi connectivity index (χ1) is 10.1. The molecular formula is C16H21BrN2OS. The van der Waals surface area contributed by atoms with Crippen molar-refractivity contribution in [1.82, 2.24) is 10.3 Å². The quantitative estimate of drug-likeness (QED) is 0.815. The zero-order valence-corrected chi connectivity index (χ0v) is 15.3. The van der Waals surface area contributed by atoms with E-state index in [4.69, 9.17) is 9.72 Å². The number of nitrogens with zero attached hydrogens (tertiary/aromatic N) is 1. The fraction of sp³-hybridized carbons (Fsp3) is 0.438. The van der Waals surface area contributed by atoms with Crippen molar-refractivity contribution in [3.05, 3.63) is 43.8 Å². The van der Waals surface area contributed by atoms with Crippen molar-refractivity contribution in [3.63, 3.8) is 0 Å². The number of benzene rings is 1. The van der Waals surface area contributed by atoms with Crippen LogP contribution in [0.4, 0.5) is 0 Å². The fourth-order valence-corrected chi connectivity index (χ4v) is 3.99. The molecule has 1 N–H and O–H groups in total. The van der Waals surface area contributed by atoms with Crippen molar-refractivity contribution in [1.29, 1.82) is 0 Å². The van der Waals surface area contributed by atoms with Crippen LogP contribution in [-0.4, -0.2) is 18.6 Å². The third-order valence-corrected chi connectivity index (χ3v) is 5.11. The molecule has 2 rings (SSSR count). The van der Waals surface area contributed by atoms with Crippen LogP contribution in [0.1, 0.15) is 41.0 Å². The molecule has 0 spiro atoms. The van der Waals surface area contributed by atoms with Crippen LogP contribution in [0.2, 0.25) is 0 Å². The van der Waals surface area contributed by atoms with Gasteiger partial charge in [-0.1, -0.05) is 19.9 Å². The van der Waals surface area contributed by atoms with E-state index in [1.54, 1.807) is 18.4 Å². The Morgan fingerprint density at radius 1 is 1.38 bits per heavy atom. The second kappa shape index (κ2) is 7.38. The summed E-state index contributed by atoms with van der Waals surface area (Å²) < 4.78 is 6.27. The topological polar surface area (TPSA) is 34.1 Å². The number of aryl methyl sites for hydroxylation is 2. The summed E-state index contributed by atoms with van der Waals surface area (Å²) in [6.45, 7) is 7.31. The number of hydrogen-bond donors (Lipinski definition) is 1. The van der Waals surface area contributed by atoms with Gasteiger partial charge in [-0.25, -0.2) is 4.98 Å². The van der Waals surface area contributed by atoms with Gasteiger partial charge in [0.15, 0.2) is 0 Å². The molecule has 0 radical (unpaired) electrons. The summed E-state index contributed by atoms with van der Waals surface area (Å²) >= 11 is 5.34. The largest absolute Gasteiger partial charge is 0.496 e. The fourth-order valence-electron chi connectivity index (χ4n) is 2.32. The van der Waals surface area contributed by atoms with Gasteiger partial charge in [0.2, 0.25) is 0 Å². The van der Waals surface area contributed by atoms with E-state index < -0.39 is 0 Å². The number of ether oxygens (including phenoxy) is 1. The minimum absolute atomic E-state index is 0.126. The van der Waals surface area contributed by atoms with Crippen molar-refractivity contribution in [2.45, 2.75) is 33.2 Å². The highest BCUT2D eigenvalue weighted by molar-refractivity contribution is 9.10. The first-order valence-electron chi connectivity index (χ1n) is 7.13. The summed E-state index contributed by atoms with van der Waals surface area (Å²) in [5.74, 6) is 0.846. The summed E-state index contributed by atoms with van der Waals surface area (Å²) in [7, 11) is 1.68. The van der Waals surface area contributed by atoms with E-state index in [1.165, 1.54) is 16.1 Å². The van der Waals surface area contributed by atoms with Crippen LogP contribution in [0.25, 0.3) is 0 Å². The normalized spacial score (nSPS) is 12.4. The van der Waals surface area contributed by atoms with Crippen molar-refractivity contribution in [3.8, 4) is 5.75 Å². The molecule has 1 aromatic carbocycles. The SMILES string of the molecule is CCNC(c1ccc(OC)c(Br)c1)c1nc(CC)c(C)s1. The van der Waals surface area contributed by atoms with E-state index in [9.17, 15) is 0 Å². The molecule has 1 heterocycles. The molecule has 0 saturated carbocycles. The lowest BCUT2D eigenvalue weighted by Crippen LogP contribution is -2.22. The first-order valence-corrected chi connectivity index (χ1v) is 8.74. The Balaban J connectivity index is 2.40. The number of rotatable bonds is 6. The van der Waals surface area contributed by atoms with Crippen LogP contribution >= 0.6 is 27.3 Å². The van der Waals surface area contributed by atoms with E-state index in [1.807, 2.05) is 6.07 Å². The Kier molecular flexibility index (Phi) is 5.79. The lowest BCUT2D eigenvalue weighted by atomic mass is 10.1. The number of aromatic nitrogens is 1. The van der Waals surface area contributed by atoms with E-state index in [2.05, 4.69) is 54.2 Å². The van der Waals surface area contributed by atoms with Crippen LogP contribution in [0.5, 0.6) is 5.75 Å². The van der Waals surface area contributed by atoms with Gasteiger partial charge in [0.05, 0.1) is 23.3 Å². The number of halogens is 1. The zero-order valence-electron chi connectivity index (χ0n) is 12.9. The van der Waals surface area contributed by atoms with Crippen LogP contribution < -0.4 is 10.1 Å². The van der Waals surface area contributed by atoms with Gasteiger partial charge >= 0.3 is 0 Å². The third kappa shape index (κ3) is 3.65. The van der Waals surface area contributed by atoms with Crippen molar-refractivity contribution < 1.29 is 4.74 Å². The minimum Gasteiger partial charge on any atom is -0.496 e. The van der Waals surface area contributed by atoms with Crippen molar-refractivity contribution in [2.75, 3.05) is 13.7 Å². The molecule has 0 aliphatic heterocycles. The summed E-state index contributed by atoms with van der Waals surface area (Å²) in [6.07, 6.45) is 0.980. The zero-order chi connectivity index (χ0) is 15.4. The third-order valence-electron chi connectivity index (χ3n) is 3.41. The monoisotopic (exact) mass is 368 g/mol. The van der Waals surface area contributed by atoms with Crippen LogP contribution in [0.3, 0.4) is 0 Å². The molecule has 2 aromatic rings. The molecule has 0 aliphatic rings. The Morgan fingerprint density at radius 3 is 2.67 bits per heavy atom. The molecule has 0 fully saturated rings. The second-order valence-electron chi connectivity index (χ2n) is 4.79. The molecule has 1 aromatic heterocycles. The number of hydrogen-bond acceptors (Lipinski definition) is 4. The summed E-state index contributed by atoms with van der Waals surface area (Å²) in [6, 6.07) is 6.32. The standard InChI is InChI=1S/C16H21BrN2OS/c1-5-13-10(3)21-16(19-13)15(18-6-2)11-7-8-14(20-4)12(17)9-11/h7-9,15,18H,5-6H2,1-4H3. The predicted octanol–water partition coefficient (Wildman–Crippen LogP) is 4.48. The van der Waals surface area contributed by atoms with Gasteiger partial charge in [0.1, 0.15) is 10.8 Å². The molecule has 1 atom stereocenters. The van der Waals surface area contributed by atoms with Crippen molar-refractivity contribution in [2.24, 2.45) is 0 Å². The molecule has 5 heteroatoms. The van der Waals surface area contributed by atoms with Gasteiger partial charge in [-0.3, -0.25) is 0 Å². The van der Waals surface area contributed by atoms with Crippen LogP contribution in [-0.2, 0) is 6.42 Å². The molecule has 0 bridgehead atoms. The summed E-state index contributed by atoms with van der Waals surface area (Å²) in [4.78, 5) is 6.11. The highest BCUT2D eigenvalue weighted by Gasteiger charge is 2.19. The van der Waals surface area contributed by atoms with Gasteiger partial charge < -0.3 is 10.1 Å². The molecule has 21 heavy (non-hydrogen) atoms. The van der Waals surface area contributed by atoms with Crippen LogP contribution in [0.15, 0.2) is 22.7 Å². The molecular weight excluding hydrogens is 348 g/mol. The lowest BCUT2D eigenvalue weighted by molar-refractivity contribution is 0.411. The highest BCUT2D eigenvalue weighted by Crippen LogP contribution is 2.33. The smallest absolute Gasteiger partial charge is 0.133 e. The molecule has 3 nitrogen and oxygen atoms in total. The van der Waals surface area contributed by atoms with E-state index in [-0.39, 0.29) is 6.04 Å². The molecule has 1 unspecified atom stereocenters. The van der Waals surface area contributed by atoms with Gasteiger partial charge in [-0.2, -0.15) is 0 Å². The summed E-state index contributed by atoms with van der Waals surface area (Å²) in [5.41, 5.74) is 2.39. The minimum atomic E-state index is 0.126. The number of methoxy groups -OCH3 is 1. The maximum absolute atomic E-state index is 5.31. The van der Waals surface area contributed by atoms with E-state index in [0.29, 0.717) is 0 Å². The van der Waals surface area contributed by atoms with E-state index >= 15 is 0 Å². The Hall–Kier alpha value is -0.910. The van der Waals surface area contributed by atoms with E-state index in [0.717, 1.165) is 28.2 Å². The maximum atomic E-state index is 5.31. The second-order valence-corrected chi connectivity index (χ2v) is 6.88. The predicted molar refractivity (Wildman–Crippen MR) is 92.4 cm³/mol. The number of thiazole rings is 1. The summed E-state index contributed by atoms with van der Waals surface area (Å²) in [5, 5.41) is 4.66. The molecule has 114 valence electrons. The average Bonchev–Trinajstić information content (AvgIpc) is 2.85. The Bertz CT molecular complexity index is 612. The Labute approximate surface area is 138 Å². The maximum Gasteiger partial charge on any atom is 0.133 e. The Morgan fingerprint density at radius 2 is 2.14 bits per heavy atom. The van der Waals surface area contributed by atoms with Gasteiger partial charge in [-0.05, 0) is 53.5 Å². The van der Waals surface area contributed by atoms with Gasteiger partial charge in [0.25, 0.3) is 0 Å².